The van der Waals surface area contributed by atoms with Crippen molar-refractivity contribution in [1.82, 2.24) is 0 Å². The molecule has 1 aliphatic rings. The predicted octanol–water partition coefficient (Wildman–Crippen LogP) is 3.60. The Labute approximate surface area is 115 Å². The molecule has 2 rings (SSSR count). The summed E-state index contributed by atoms with van der Waals surface area (Å²) in [7, 11) is 1.43. The van der Waals surface area contributed by atoms with Crippen LogP contribution in [0.1, 0.15) is 13.3 Å². The number of ether oxygens (including phenoxy) is 2. The van der Waals surface area contributed by atoms with Gasteiger partial charge in [-0.1, -0.05) is 6.92 Å². The lowest BCUT2D eigenvalue weighted by atomic mass is 10.2. The summed E-state index contributed by atoms with van der Waals surface area (Å²) in [6.07, 6.45) is 1.07. The van der Waals surface area contributed by atoms with Crippen LogP contribution in [0.3, 0.4) is 0 Å². The molecule has 1 heterocycles. The monoisotopic (exact) mass is 289 g/mol. The molecule has 1 aromatic rings. The van der Waals surface area contributed by atoms with E-state index in [0.717, 1.165) is 17.9 Å². The van der Waals surface area contributed by atoms with Crippen LogP contribution in [-0.2, 0) is 0 Å². The molecular formula is C13H17F2NO2S. The number of anilines is 1. The maximum absolute atomic E-state index is 12.3. The summed E-state index contributed by atoms with van der Waals surface area (Å²) in [5.41, 5.74) is 0.774. The van der Waals surface area contributed by atoms with Gasteiger partial charge in [0.15, 0.2) is 11.5 Å². The number of alkyl halides is 2. The fourth-order valence-electron chi connectivity index (χ4n) is 2.11. The van der Waals surface area contributed by atoms with Crippen molar-refractivity contribution in [2.45, 2.75) is 31.2 Å². The zero-order chi connectivity index (χ0) is 13.8. The van der Waals surface area contributed by atoms with Gasteiger partial charge in [0, 0.05) is 28.8 Å². The van der Waals surface area contributed by atoms with E-state index < -0.39 is 6.61 Å². The van der Waals surface area contributed by atoms with Gasteiger partial charge in [-0.25, -0.2) is 0 Å². The number of hydrogen-bond donors (Lipinski definition) is 1. The molecule has 0 radical (unpaired) electrons. The zero-order valence-corrected chi connectivity index (χ0v) is 11.7. The van der Waals surface area contributed by atoms with Crippen LogP contribution in [0, 0.1) is 0 Å². The first-order chi connectivity index (χ1) is 9.08. The Morgan fingerprint density at radius 2 is 2.16 bits per heavy atom. The first-order valence-corrected chi connectivity index (χ1v) is 7.14. The third-order valence-corrected chi connectivity index (χ3v) is 4.31. The van der Waals surface area contributed by atoms with Gasteiger partial charge in [-0.15, -0.1) is 0 Å². The Hall–Kier alpha value is -1.17. The van der Waals surface area contributed by atoms with Gasteiger partial charge in [0.2, 0.25) is 0 Å². The van der Waals surface area contributed by atoms with Crippen molar-refractivity contribution >= 4 is 17.4 Å². The molecule has 1 N–H and O–H groups in total. The number of nitrogens with one attached hydrogen (secondary N) is 1. The molecule has 1 saturated heterocycles. The van der Waals surface area contributed by atoms with E-state index in [4.69, 9.17) is 4.74 Å². The first kappa shape index (κ1) is 14.2. The van der Waals surface area contributed by atoms with Crippen molar-refractivity contribution in [2.75, 3.05) is 18.2 Å². The lowest BCUT2D eigenvalue weighted by Crippen LogP contribution is -2.19. The zero-order valence-electron chi connectivity index (χ0n) is 10.9. The van der Waals surface area contributed by atoms with Gasteiger partial charge in [0.25, 0.3) is 0 Å². The highest BCUT2D eigenvalue weighted by molar-refractivity contribution is 8.00. The highest BCUT2D eigenvalue weighted by Crippen LogP contribution is 2.33. The summed E-state index contributed by atoms with van der Waals surface area (Å²) in [5, 5.41) is 3.97. The average molecular weight is 289 g/mol. The lowest BCUT2D eigenvalue weighted by Gasteiger charge is -2.16. The van der Waals surface area contributed by atoms with Gasteiger partial charge >= 0.3 is 6.61 Å². The third-order valence-electron chi connectivity index (χ3n) is 2.95. The maximum atomic E-state index is 12.3. The maximum Gasteiger partial charge on any atom is 0.387 e. The van der Waals surface area contributed by atoms with Crippen molar-refractivity contribution in [3.8, 4) is 11.5 Å². The summed E-state index contributed by atoms with van der Waals surface area (Å²) < 4.78 is 34.1. The molecule has 19 heavy (non-hydrogen) atoms. The quantitative estimate of drug-likeness (QED) is 0.897. The average Bonchev–Trinajstić information content (AvgIpc) is 2.74. The molecule has 0 spiro atoms. The largest absolute Gasteiger partial charge is 0.493 e. The summed E-state index contributed by atoms with van der Waals surface area (Å²) in [5.74, 6) is 1.39. The van der Waals surface area contributed by atoms with Gasteiger partial charge in [-0.2, -0.15) is 20.5 Å². The van der Waals surface area contributed by atoms with Crippen LogP contribution in [0.5, 0.6) is 11.5 Å². The molecule has 0 saturated carbocycles. The van der Waals surface area contributed by atoms with Gasteiger partial charge in [0.1, 0.15) is 0 Å². The molecule has 1 aliphatic heterocycles. The molecule has 0 amide bonds. The Bertz CT molecular complexity index is 431. The van der Waals surface area contributed by atoms with E-state index in [0.29, 0.717) is 17.0 Å². The Morgan fingerprint density at radius 1 is 1.37 bits per heavy atom. The standard InChI is InChI=1S/C13H17F2NO2S/c1-8-5-10(7-19-8)16-9-3-4-11(17-2)12(6-9)18-13(14)15/h3-4,6,8,10,13,16H,5,7H2,1-2H3. The molecule has 0 bridgehead atoms. The Balaban J connectivity index is 2.08. The molecule has 1 aromatic carbocycles. The molecule has 0 aliphatic carbocycles. The second-order valence-electron chi connectivity index (χ2n) is 4.47. The number of rotatable bonds is 5. The number of thioether (sulfide) groups is 1. The minimum Gasteiger partial charge on any atom is -0.493 e. The van der Waals surface area contributed by atoms with E-state index in [-0.39, 0.29) is 5.75 Å². The van der Waals surface area contributed by atoms with Crippen LogP contribution >= 0.6 is 11.8 Å². The fourth-order valence-corrected chi connectivity index (χ4v) is 3.26. The van der Waals surface area contributed by atoms with E-state index in [1.165, 1.54) is 7.11 Å². The number of methoxy groups -OCH3 is 1. The number of halogens is 2. The van der Waals surface area contributed by atoms with Crippen molar-refractivity contribution in [3.05, 3.63) is 18.2 Å². The number of benzene rings is 1. The predicted molar refractivity (Wildman–Crippen MR) is 73.6 cm³/mol. The normalized spacial score (nSPS) is 22.6. The highest BCUT2D eigenvalue weighted by atomic mass is 32.2. The van der Waals surface area contributed by atoms with Crippen molar-refractivity contribution < 1.29 is 18.3 Å². The Morgan fingerprint density at radius 3 is 2.74 bits per heavy atom. The number of hydrogen-bond acceptors (Lipinski definition) is 4. The van der Waals surface area contributed by atoms with Crippen molar-refractivity contribution in [3.63, 3.8) is 0 Å². The second-order valence-corrected chi connectivity index (χ2v) is 5.94. The van der Waals surface area contributed by atoms with Gasteiger partial charge < -0.3 is 14.8 Å². The van der Waals surface area contributed by atoms with Crippen molar-refractivity contribution in [2.24, 2.45) is 0 Å². The molecule has 0 aromatic heterocycles. The van der Waals surface area contributed by atoms with Gasteiger partial charge in [0.05, 0.1) is 7.11 Å². The smallest absolute Gasteiger partial charge is 0.387 e. The molecule has 2 unspecified atom stereocenters. The first-order valence-electron chi connectivity index (χ1n) is 6.09. The summed E-state index contributed by atoms with van der Waals surface area (Å²) in [4.78, 5) is 0. The van der Waals surface area contributed by atoms with Gasteiger partial charge in [-0.3, -0.25) is 0 Å². The third kappa shape index (κ3) is 3.89. The summed E-state index contributed by atoms with van der Waals surface area (Å²) >= 11 is 1.91. The summed E-state index contributed by atoms with van der Waals surface area (Å²) in [6.45, 7) is -0.669. The summed E-state index contributed by atoms with van der Waals surface area (Å²) in [6, 6.07) is 5.36. The van der Waals surface area contributed by atoms with Crippen LogP contribution in [-0.4, -0.2) is 30.8 Å². The van der Waals surface area contributed by atoms with Crippen LogP contribution in [0.15, 0.2) is 18.2 Å². The van der Waals surface area contributed by atoms with Crippen LogP contribution in [0.2, 0.25) is 0 Å². The minimum absolute atomic E-state index is 0.0567. The van der Waals surface area contributed by atoms with E-state index in [2.05, 4.69) is 17.0 Å². The van der Waals surface area contributed by atoms with Crippen LogP contribution in [0.4, 0.5) is 14.5 Å². The van der Waals surface area contributed by atoms with Gasteiger partial charge in [-0.05, 0) is 18.6 Å². The SMILES string of the molecule is COc1ccc(NC2CSC(C)C2)cc1OC(F)F. The van der Waals surface area contributed by atoms with E-state index in [1.807, 2.05) is 17.8 Å². The van der Waals surface area contributed by atoms with Crippen LogP contribution in [0.25, 0.3) is 0 Å². The molecule has 1 fully saturated rings. The van der Waals surface area contributed by atoms with E-state index >= 15 is 0 Å². The second kappa shape index (κ2) is 6.32. The Kier molecular flexibility index (Phi) is 4.74. The topological polar surface area (TPSA) is 30.5 Å². The van der Waals surface area contributed by atoms with E-state index in [1.54, 1.807) is 12.1 Å². The molecular weight excluding hydrogens is 272 g/mol. The molecule has 6 heteroatoms. The van der Waals surface area contributed by atoms with E-state index in [9.17, 15) is 8.78 Å². The molecule has 3 nitrogen and oxygen atoms in total. The van der Waals surface area contributed by atoms with Crippen molar-refractivity contribution in [1.29, 1.82) is 0 Å². The molecule has 106 valence electrons. The highest BCUT2D eigenvalue weighted by Gasteiger charge is 2.22. The minimum atomic E-state index is -2.86. The molecule has 2 atom stereocenters. The van der Waals surface area contributed by atoms with Crippen LogP contribution < -0.4 is 14.8 Å². The lowest BCUT2D eigenvalue weighted by molar-refractivity contribution is -0.0511. The fraction of sp³-hybridized carbons (Fsp3) is 0.538.